The normalized spacial score (nSPS) is 17.0. The summed E-state index contributed by atoms with van der Waals surface area (Å²) in [6.07, 6.45) is 1.39. The van der Waals surface area contributed by atoms with Crippen molar-refractivity contribution in [1.82, 2.24) is 0 Å². The molecular weight excluding hydrogens is 362 g/mol. The van der Waals surface area contributed by atoms with Gasteiger partial charge in [-0.25, -0.2) is 8.42 Å². The largest absolute Gasteiger partial charge is 0.481 e. The van der Waals surface area contributed by atoms with E-state index in [2.05, 4.69) is 0 Å². The second-order valence-corrected chi connectivity index (χ2v) is 7.96. The summed E-state index contributed by atoms with van der Waals surface area (Å²) in [5, 5.41) is 10.8. The molecule has 1 aliphatic rings. The first kappa shape index (κ1) is 17.5. The molecule has 1 heterocycles. The summed E-state index contributed by atoms with van der Waals surface area (Å²) in [7, 11) is -3.72. The lowest BCUT2D eigenvalue weighted by atomic mass is 9.98. The third kappa shape index (κ3) is 3.86. The SMILES string of the molecule is O=C(O)CC1CN(S(=O)(=O)C=Cc2ccc(Cl)cc2)c2ccccc21. The van der Waals surface area contributed by atoms with Crippen LogP contribution in [0.4, 0.5) is 5.69 Å². The Labute approximate surface area is 151 Å². The van der Waals surface area contributed by atoms with Crippen molar-refractivity contribution in [2.24, 2.45) is 0 Å². The molecule has 3 rings (SSSR count). The van der Waals surface area contributed by atoms with Gasteiger partial charge < -0.3 is 5.11 Å². The lowest BCUT2D eigenvalue weighted by molar-refractivity contribution is -0.137. The van der Waals surface area contributed by atoms with Crippen LogP contribution in [0.2, 0.25) is 5.02 Å². The molecule has 1 N–H and O–H groups in total. The maximum Gasteiger partial charge on any atom is 0.304 e. The number of rotatable bonds is 5. The number of sulfonamides is 1. The number of hydrogen-bond donors (Lipinski definition) is 1. The van der Waals surface area contributed by atoms with E-state index in [-0.39, 0.29) is 18.9 Å². The fourth-order valence-corrected chi connectivity index (χ4v) is 4.33. The molecule has 0 saturated heterocycles. The van der Waals surface area contributed by atoms with Crippen LogP contribution >= 0.6 is 11.6 Å². The molecule has 2 aromatic carbocycles. The van der Waals surface area contributed by atoms with E-state index in [0.29, 0.717) is 16.3 Å². The van der Waals surface area contributed by atoms with E-state index in [1.54, 1.807) is 48.5 Å². The van der Waals surface area contributed by atoms with E-state index in [9.17, 15) is 13.2 Å². The van der Waals surface area contributed by atoms with Crippen molar-refractivity contribution in [3.05, 3.63) is 70.1 Å². The third-order valence-electron chi connectivity index (χ3n) is 4.06. The molecule has 0 spiro atoms. The monoisotopic (exact) mass is 377 g/mol. The highest BCUT2D eigenvalue weighted by molar-refractivity contribution is 7.95. The number of hydrogen-bond acceptors (Lipinski definition) is 3. The van der Waals surface area contributed by atoms with Crippen molar-refractivity contribution in [2.75, 3.05) is 10.8 Å². The van der Waals surface area contributed by atoms with Gasteiger partial charge in [0.15, 0.2) is 0 Å². The first-order chi connectivity index (χ1) is 11.9. The Balaban J connectivity index is 1.89. The Kier molecular flexibility index (Phi) is 4.83. The number of halogens is 1. The molecule has 25 heavy (non-hydrogen) atoms. The molecule has 1 aliphatic heterocycles. The first-order valence-corrected chi connectivity index (χ1v) is 9.52. The summed E-state index contributed by atoms with van der Waals surface area (Å²) >= 11 is 5.82. The van der Waals surface area contributed by atoms with Crippen LogP contribution in [0, 0.1) is 0 Å². The molecule has 0 aromatic heterocycles. The van der Waals surface area contributed by atoms with Gasteiger partial charge in [-0.05, 0) is 35.4 Å². The molecule has 0 radical (unpaired) electrons. The van der Waals surface area contributed by atoms with E-state index in [1.165, 1.54) is 10.4 Å². The van der Waals surface area contributed by atoms with Crippen molar-refractivity contribution < 1.29 is 18.3 Å². The van der Waals surface area contributed by atoms with Crippen molar-refractivity contribution in [1.29, 1.82) is 0 Å². The molecular formula is C18H16ClNO4S. The average molecular weight is 378 g/mol. The van der Waals surface area contributed by atoms with Gasteiger partial charge in [0.1, 0.15) is 0 Å². The quantitative estimate of drug-likeness (QED) is 0.861. The Morgan fingerprint density at radius 3 is 2.56 bits per heavy atom. The predicted octanol–water partition coefficient (Wildman–Crippen LogP) is 3.72. The van der Waals surface area contributed by atoms with Crippen LogP contribution in [0.1, 0.15) is 23.5 Å². The summed E-state index contributed by atoms with van der Waals surface area (Å²) in [6.45, 7) is 0.124. The fourth-order valence-electron chi connectivity index (χ4n) is 2.89. The second-order valence-electron chi connectivity index (χ2n) is 5.78. The lowest BCUT2D eigenvalue weighted by Crippen LogP contribution is -2.28. The van der Waals surface area contributed by atoms with Gasteiger partial charge in [-0.1, -0.05) is 41.9 Å². The number of carboxylic acids is 1. The van der Waals surface area contributed by atoms with Crippen molar-refractivity contribution in [2.45, 2.75) is 12.3 Å². The minimum Gasteiger partial charge on any atom is -0.481 e. The zero-order valence-corrected chi connectivity index (χ0v) is 14.7. The fraction of sp³-hybridized carbons (Fsp3) is 0.167. The summed E-state index contributed by atoms with van der Waals surface area (Å²) in [4.78, 5) is 11.1. The number of fused-ring (bicyclic) bond motifs is 1. The second kappa shape index (κ2) is 6.90. The molecule has 2 aromatic rings. The average Bonchev–Trinajstić information content (AvgIpc) is 2.94. The summed E-state index contributed by atoms with van der Waals surface area (Å²) in [5.41, 5.74) is 1.99. The van der Waals surface area contributed by atoms with Gasteiger partial charge in [0.25, 0.3) is 10.0 Å². The molecule has 0 aliphatic carbocycles. The van der Waals surface area contributed by atoms with Crippen LogP contribution in [0.15, 0.2) is 53.9 Å². The molecule has 0 saturated carbocycles. The van der Waals surface area contributed by atoms with Gasteiger partial charge in [-0.2, -0.15) is 0 Å². The zero-order valence-electron chi connectivity index (χ0n) is 13.2. The molecule has 1 unspecified atom stereocenters. The molecule has 0 fully saturated rings. The molecule has 5 nitrogen and oxygen atoms in total. The minimum atomic E-state index is -3.72. The summed E-state index contributed by atoms with van der Waals surface area (Å²) in [6, 6.07) is 13.8. The van der Waals surface area contributed by atoms with Crippen LogP contribution in [-0.4, -0.2) is 26.0 Å². The van der Waals surface area contributed by atoms with Gasteiger partial charge in [0.05, 0.1) is 17.5 Å². The maximum atomic E-state index is 12.7. The third-order valence-corrected chi connectivity index (χ3v) is 5.75. The van der Waals surface area contributed by atoms with E-state index >= 15 is 0 Å². The van der Waals surface area contributed by atoms with Gasteiger partial charge in [-0.3, -0.25) is 9.10 Å². The summed E-state index contributed by atoms with van der Waals surface area (Å²) < 4.78 is 26.7. The number of nitrogens with zero attached hydrogens (tertiary/aromatic N) is 1. The highest BCUT2D eigenvalue weighted by Gasteiger charge is 2.35. The van der Waals surface area contributed by atoms with Crippen molar-refractivity contribution in [3.8, 4) is 0 Å². The number of carboxylic acid groups (broad SMARTS) is 1. The number of anilines is 1. The Morgan fingerprint density at radius 2 is 1.88 bits per heavy atom. The van der Waals surface area contributed by atoms with Crippen LogP contribution < -0.4 is 4.31 Å². The Hall–Kier alpha value is -2.31. The Bertz CT molecular complexity index is 922. The minimum absolute atomic E-state index is 0.107. The van der Waals surface area contributed by atoms with E-state index in [1.807, 2.05) is 0 Å². The number of carbonyl (C=O) groups is 1. The van der Waals surface area contributed by atoms with E-state index in [4.69, 9.17) is 16.7 Å². The van der Waals surface area contributed by atoms with Gasteiger partial charge >= 0.3 is 5.97 Å². The zero-order chi connectivity index (χ0) is 18.0. The van der Waals surface area contributed by atoms with Gasteiger partial charge in [0, 0.05) is 17.5 Å². The smallest absolute Gasteiger partial charge is 0.304 e. The van der Waals surface area contributed by atoms with Crippen LogP contribution in [-0.2, 0) is 14.8 Å². The van der Waals surface area contributed by atoms with E-state index < -0.39 is 16.0 Å². The van der Waals surface area contributed by atoms with Crippen LogP contribution in [0.3, 0.4) is 0 Å². The highest BCUT2D eigenvalue weighted by atomic mass is 35.5. The first-order valence-electron chi connectivity index (χ1n) is 7.64. The van der Waals surface area contributed by atoms with E-state index in [0.717, 1.165) is 11.0 Å². The standard InChI is InChI=1S/C18H16ClNO4S/c19-15-7-5-13(6-8-15)9-10-25(23,24)20-12-14(11-18(21)22)16-3-1-2-4-17(16)20/h1-10,14H,11-12H2,(H,21,22). The molecule has 0 amide bonds. The van der Waals surface area contributed by atoms with Crippen LogP contribution in [0.5, 0.6) is 0 Å². The lowest BCUT2D eigenvalue weighted by Gasteiger charge is -2.17. The molecule has 1 atom stereocenters. The topological polar surface area (TPSA) is 74.7 Å². The molecule has 130 valence electrons. The van der Waals surface area contributed by atoms with Crippen molar-refractivity contribution >= 4 is 39.4 Å². The van der Waals surface area contributed by atoms with Crippen molar-refractivity contribution in [3.63, 3.8) is 0 Å². The predicted molar refractivity (Wildman–Crippen MR) is 98.2 cm³/mol. The molecule has 0 bridgehead atoms. The Morgan fingerprint density at radius 1 is 1.20 bits per heavy atom. The van der Waals surface area contributed by atoms with Gasteiger partial charge in [0.2, 0.25) is 0 Å². The number of aliphatic carboxylic acids is 1. The summed E-state index contributed by atoms with van der Waals surface area (Å²) in [5.74, 6) is -1.30. The van der Waals surface area contributed by atoms with Crippen LogP contribution in [0.25, 0.3) is 6.08 Å². The number of para-hydroxylation sites is 1. The van der Waals surface area contributed by atoms with Gasteiger partial charge in [-0.15, -0.1) is 0 Å². The maximum absolute atomic E-state index is 12.7. The highest BCUT2D eigenvalue weighted by Crippen LogP contribution is 2.39. The number of benzene rings is 2. The molecule has 7 heteroatoms.